The third-order valence-corrected chi connectivity index (χ3v) is 7.27. The van der Waals surface area contributed by atoms with Gasteiger partial charge in [-0.05, 0) is 84.8 Å². The van der Waals surface area contributed by atoms with E-state index in [1.807, 2.05) is 36.1 Å². The minimum absolute atomic E-state index is 0.0852. The Morgan fingerprint density at radius 3 is 2.30 bits per heavy atom. The lowest BCUT2D eigenvalue weighted by atomic mass is 9.94. The van der Waals surface area contributed by atoms with E-state index in [0.717, 1.165) is 59.5 Å². The van der Waals surface area contributed by atoms with Crippen LogP contribution in [0.2, 0.25) is 0 Å². The number of carbonyl (C=O) groups excluding carboxylic acids is 1. The van der Waals surface area contributed by atoms with Gasteiger partial charge in [-0.3, -0.25) is 9.59 Å². The van der Waals surface area contributed by atoms with Crippen LogP contribution in [-0.4, -0.2) is 47.7 Å². The SMILES string of the molecule is CC(=O)N1CCC(Oc2cc(C)c(-c3cccc(COc4ccc(C)c(OCCCC(=O)O)c4)c3)c(C)c2)CC1. The van der Waals surface area contributed by atoms with Crippen molar-refractivity contribution in [1.82, 2.24) is 4.90 Å². The topological polar surface area (TPSA) is 85.3 Å². The first-order valence-electron chi connectivity index (χ1n) is 13.9. The van der Waals surface area contributed by atoms with Crippen LogP contribution >= 0.6 is 0 Å². The number of piperidine rings is 1. The molecule has 3 aromatic rings. The van der Waals surface area contributed by atoms with Gasteiger partial charge in [0.05, 0.1) is 6.61 Å². The number of benzene rings is 3. The van der Waals surface area contributed by atoms with Crippen molar-refractivity contribution >= 4 is 11.9 Å². The maximum atomic E-state index is 11.6. The third kappa shape index (κ3) is 7.78. The maximum absolute atomic E-state index is 11.6. The number of aliphatic carboxylic acids is 1. The zero-order chi connectivity index (χ0) is 28.6. The van der Waals surface area contributed by atoms with Gasteiger partial charge in [-0.25, -0.2) is 0 Å². The zero-order valence-corrected chi connectivity index (χ0v) is 23.9. The summed E-state index contributed by atoms with van der Waals surface area (Å²) in [6.45, 7) is 10.0. The Hall–Kier alpha value is -4.00. The number of carboxylic acids is 1. The van der Waals surface area contributed by atoms with Crippen LogP contribution in [0.5, 0.6) is 17.2 Å². The van der Waals surface area contributed by atoms with Gasteiger partial charge in [-0.15, -0.1) is 0 Å². The summed E-state index contributed by atoms with van der Waals surface area (Å²) < 4.78 is 18.2. The van der Waals surface area contributed by atoms with Gasteiger partial charge in [-0.1, -0.05) is 24.3 Å². The van der Waals surface area contributed by atoms with Gasteiger partial charge in [0.25, 0.3) is 0 Å². The highest BCUT2D eigenvalue weighted by Gasteiger charge is 2.22. The second-order valence-corrected chi connectivity index (χ2v) is 10.5. The molecule has 0 atom stereocenters. The predicted molar refractivity (Wildman–Crippen MR) is 155 cm³/mol. The average Bonchev–Trinajstić information content (AvgIpc) is 2.91. The second kappa shape index (κ2) is 13.4. The highest BCUT2D eigenvalue weighted by atomic mass is 16.5. The second-order valence-electron chi connectivity index (χ2n) is 10.5. The summed E-state index contributed by atoms with van der Waals surface area (Å²) in [5.41, 5.74) is 6.65. The van der Waals surface area contributed by atoms with E-state index in [0.29, 0.717) is 31.1 Å². The molecule has 7 heteroatoms. The first-order valence-corrected chi connectivity index (χ1v) is 13.9. The Bertz CT molecular complexity index is 1320. The minimum Gasteiger partial charge on any atom is -0.493 e. The minimum atomic E-state index is -0.822. The van der Waals surface area contributed by atoms with E-state index in [2.05, 4.69) is 44.2 Å². The Morgan fingerprint density at radius 1 is 0.900 bits per heavy atom. The third-order valence-electron chi connectivity index (χ3n) is 7.27. The summed E-state index contributed by atoms with van der Waals surface area (Å²) in [6, 6.07) is 18.3. The Labute approximate surface area is 236 Å². The summed E-state index contributed by atoms with van der Waals surface area (Å²) in [5, 5.41) is 8.81. The van der Waals surface area contributed by atoms with Crippen LogP contribution in [0.15, 0.2) is 54.6 Å². The molecule has 1 heterocycles. The lowest BCUT2D eigenvalue weighted by Crippen LogP contribution is -2.40. The van der Waals surface area contributed by atoms with E-state index in [1.165, 1.54) is 5.56 Å². The quantitative estimate of drug-likeness (QED) is 0.277. The molecule has 0 spiro atoms. The number of likely N-dealkylation sites (tertiary alicyclic amines) is 1. The molecule has 1 aliphatic rings. The van der Waals surface area contributed by atoms with Crippen LogP contribution in [-0.2, 0) is 16.2 Å². The van der Waals surface area contributed by atoms with Gasteiger partial charge < -0.3 is 24.2 Å². The molecule has 0 radical (unpaired) electrons. The fourth-order valence-electron chi connectivity index (χ4n) is 5.14. The first kappa shape index (κ1) is 29.0. The summed E-state index contributed by atoms with van der Waals surface area (Å²) >= 11 is 0. The van der Waals surface area contributed by atoms with E-state index >= 15 is 0 Å². The normalized spacial score (nSPS) is 13.7. The van der Waals surface area contributed by atoms with Crippen LogP contribution in [0, 0.1) is 20.8 Å². The molecule has 1 amide bonds. The van der Waals surface area contributed by atoms with Crippen LogP contribution in [0.3, 0.4) is 0 Å². The lowest BCUT2D eigenvalue weighted by molar-refractivity contribution is -0.137. The number of ether oxygens (including phenoxy) is 3. The van der Waals surface area contributed by atoms with Crippen molar-refractivity contribution in [3.8, 4) is 28.4 Å². The fraction of sp³-hybridized carbons (Fsp3) is 0.394. The average molecular weight is 546 g/mol. The lowest BCUT2D eigenvalue weighted by Gasteiger charge is -2.31. The highest BCUT2D eigenvalue weighted by molar-refractivity contribution is 5.73. The molecule has 1 saturated heterocycles. The number of hydrogen-bond acceptors (Lipinski definition) is 5. The molecule has 3 aromatic carbocycles. The first-order chi connectivity index (χ1) is 19.2. The van der Waals surface area contributed by atoms with Crippen molar-refractivity contribution in [3.63, 3.8) is 0 Å². The van der Waals surface area contributed by atoms with Gasteiger partial charge in [0.2, 0.25) is 5.91 Å². The number of rotatable bonds is 11. The van der Waals surface area contributed by atoms with Crippen LogP contribution in [0.25, 0.3) is 11.1 Å². The fourth-order valence-corrected chi connectivity index (χ4v) is 5.14. The van der Waals surface area contributed by atoms with Crippen LogP contribution in [0.1, 0.15) is 54.9 Å². The maximum Gasteiger partial charge on any atom is 0.303 e. The molecule has 0 aromatic heterocycles. The van der Waals surface area contributed by atoms with Gasteiger partial charge in [-0.2, -0.15) is 0 Å². The summed E-state index contributed by atoms with van der Waals surface area (Å²) in [6.07, 6.45) is 2.36. The molecule has 212 valence electrons. The number of carboxylic acid groups (broad SMARTS) is 1. The summed E-state index contributed by atoms with van der Waals surface area (Å²) in [4.78, 5) is 24.2. The molecule has 7 nitrogen and oxygen atoms in total. The number of aryl methyl sites for hydroxylation is 3. The molecular formula is C33H39NO6. The molecule has 1 aliphatic heterocycles. The van der Waals surface area contributed by atoms with E-state index in [4.69, 9.17) is 19.3 Å². The van der Waals surface area contributed by atoms with Crippen molar-refractivity contribution in [2.45, 2.75) is 66.1 Å². The van der Waals surface area contributed by atoms with Crippen molar-refractivity contribution < 1.29 is 28.9 Å². The van der Waals surface area contributed by atoms with Crippen molar-refractivity contribution in [2.75, 3.05) is 19.7 Å². The van der Waals surface area contributed by atoms with Gasteiger partial charge in [0.15, 0.2) is 0 Å². The molecule has 0 saturated carbocycles. The van der Waals surface area contributed by atoms with Gasteiger partial charge in [0, 0.05) is 45.3 Å². The molecular weight excluding hydrogens is 506 g/mol. The number of hydrogen-bond donors (Lipinski definition) is 1. The molecule has 0 aliphatic carbocycles. The van der Waals surface area contributed by atoms with E-state index < -0.39 is 5.97 Å². The summed E-state index contributed by atoms with van der Waals surface area (Å²) in [7, 11) is 0. The largest absolute Gasteiger partial charge is 0.493 e. The van der Waals surface area contributed by atoms with E-state index in [1.54, 1.807) is 6.92 Å². The molecule has 1 fully saturated rings. The van der Waals surface area contributed by atoms with Crippen LogP contribution in [0.4, 0.5) is 0 Å². The van der Waals surface area contributed by atoms with E-state index in [9.17, 15) is 9.59 Å². The molecule has 4 rings (SSSR count). The molecule has 0 unspecified atom stereocenters. The Morgan fingerprint density at radius 2 is 1.62 bits per heavy atom. The van der Waals surface area contributed by atoms with Gasteiger partial charge in [0.1, 0.15) is 30.0 Å². The van der Waals surface area contributed by atoms with Crippen molar-refractivity contribution in [1.29, 1.82) is 0 Å². The molecule has 0 bridgehead atoms. The monoisotopic (exact) mass is 545 g/mol. The van der Waals surface area contributed by atoms with Crippen LogP contribution < -0.4 is 14.2 Å². The smallest absolute Gasteiger partial charge is 0.303 e. The number of carbonyl (C=O) groups is 2. The Kier molecular flexibility index (Phi) is 9.70. The molecule has 1 N–H and O–H groups in total. The number of nitrogens with zero attached hydrogens (tertiary/aromatic N) is 1. The molecule has 40 heavy (non-hydrogen) atoms. The Balaban J connectivity index is 1.39. The number of amides is 1. The zero-order valence-electron chi connectivity index (χ0n) is 23.9. The summed E-state index contributed by atoms with van der Waals surface area (Å²) in [5.74, 6) is 1.59. The standard InChI is InChI=1S/C33H39NO6/c1-22-10-11-29(20-31(22)38-16-6-9-32(36)37)39-21-26-7-5-8-27(19-26)33-23(2)17-30(18-24(33)3)40-28-12-14-34(15-13-28)25(4)35/h5,7-8,10-11,17-20,28H,6,9,12-16,21H2,1-4H3,(H,36,37). The predicted octanol–water partition coefficient (Wildman–Crippen LogP) is 6.49. The van der Waals surface area contributed by atoms with Crippen molar-refractivity contribution in [3.05, 3.63) is 76.9 Å². The van der Waals surface area contributed by atoms with Gasteiger partial charge >= 0.3 is 5.97 Å². The highest BCUT2D eigenvalue weighted by Crippen LogP contribution is 2.33. The van der Waals surface area contributed by atoms with Crippen molar-refractivity contribution in [2.24, 2.45) is 0 Å². The van der Waals surface area contributed by atoms with E-state index in [-0.39, 0.29) is 18.4 Å².